The van der Waals surface area contributed by atoms with Crippen LogP contribution in [0, 0.1) is 23.7 Å². The van der Waals surface area contributed by atoms with E-state index in [1.54, 1.807) is 0 Å². The molecule has 4 aliphatic rings. The summed E-state index contributed by atoms with van der Waals surface area (Å²) in [5, 5.41) is 13.8. The number of H-pyrrole nitrogens is 1. The maximum absolute atomic E-state index is 10.3. The van der Waals surface area contributed by atoms with Gasteiger partial charge in [-0.2, -0.15) is 0 Å². The van der Waals surface area contributed by atoms with Gasteiger partial charge in [0.25, 0.3) is 0 Å². The van der Waals surface area contributed by atoms with Crippen LogP contribution in [0.2, 0.25) is 0 Å². The van der Waals surface area contributed by atoms with E-state index in [1.165, 1.54) is 44.9 Å². The van der Waals surface area contributed by atoms with Crippen LogP contribution in [0.1, 0.15) is 63.6 Å². The van der Waals surface area contributed by atoms with Crippen LogP contribution >= 0.6 is 0 Å². The summed E-state index contributed by atoms with van der Waals surface area (Å²) >= 11 is 0. The molecule has 0 saturated heterocycles. The van der Waals surface area contributed by atoms with Gasteiger partial charge in [-0.25, -0.2) is 0 Å². The molecule has 4 bridgehead atoms. The van der Waals surface area contributed by atoms with Crippen molar-refractivity contribution in [1.29, 1.82) is 0 Å². The minimum atomic E-state index is 0.561. The van der Waals surface area contributed by atoms with Crippen molar-refractivity contribution in [3.63, 3.8) is 0 Å². The molecule has 0 radical (unpaired) electrons. The smallest absolute Gasteiger partial charge is 0.227 e. The lowest BCUT2D eigenvalue weighted by molar-refractivity contribution is -0.0398. The van der Waals surface area contributed by atoms with Crippen molar-refractivity contribution in [3.8, 4) is 5.88 Å². The summed E-state index contributed by atoms with van der Waals surface area (Å²) < 4.78 is 2.12. The quantitative estimate of drug-likeness (QED) is 0.850. The zero-order chi connectivity index (χ0) is 13.0. The second kappa shape index (κ2) is 4.32. The van der Waals surface area contributed by atoms with Crippen LogP contribution in [0.15, 0.2) is 0 Å². The van der Waals surface area contributed by atoms with Crippen LogP contribution in [0.25, 0.3) is 0 Å². The predicted molar refractivity (Wildman–Crippen MR) is 75.1 cm³/mol. The summed E-state index contributed by atoms with van der Waals surface area (Å²) in [7, 11) is 0. The number of aromatic amines is 1. The fraction of sp³-hybridized carbons (Fsp3) is 0.875. The molecule has 0 aromatic carbocycles. The molecule has 0 aliphatic heterocycles. The summed E-state index contributed by atoms with van der Waals surface area (Å²) in [6, 6.07) is 0.582. The van der Waals surface area contributed by atoms with Gasteiger partial charge in [0.1, 0.15) is 0 Å². The third kappa shape index (κ3) is 1.77. The number of nitrogens with one attached hydrogen (secondary N) is 1. The highest BCUT2D eigenvalue weighted by Crippen LogP contribution is 2.59. The molecule has 1 heterocycles. The molecule has 4 fully saturated rings. The van der Waals surface area contributed by atoms with Gasteiger partial charge in [-0.15, -0.1) is 0 Å². The Morgan fingerprint density at radius 3 is 2.26 bits per heavy atom. The Balaban J connectivity index is 1.53. The molecule has 1 aromatic heterocycles. The van der Waals surface area contributed by atoms with E-state index in [4.69, 9.17) is 0 Å². The molecule has 0 atom stereocenters. The van der Waals surface area contributed by atoms with Crippen LogP contribution in [0.5, 0.6) is 5.88 Å². The Hall–Kier alpha value is -0.860. The van der Waals surface area contributed by atoms with Crippen molar-refractivity contribution in [2.24, 2.45) is 23.7 Å². The lowest BCUT2D eigenvalue weighted by Crippen LogP contribution is -2.47. The van der Waals surface area contributed by atoms with E-state index in [0.29, 0.717) is 11.9 Å². The number of nitrogens with zero attached hydrogens (tertiary/aromatic N) is 1. The molecular formula is C16H26N2O. The highest BCUT2D eigenvalue weighted by atomic mass is 16.3. The second-order valence-electron chi connectivity index (χ2n) is 7.31. The number of aromatic hydroxyl groups is 1. The minimum absolute atomic E-state index is 0.561. The summed E-state index contributed by atoms with van der Waals surface area (Å²) in [6.07, 6.45) is 10.5. The van der Waals surface area contributed by atoms with Gasteiger partial charge in [-0.3, -0.25) is 9.78 Å². The van der Waals surface area contributed by atoms with Crippen molar-refractivity contribution < 1.29 is 5.11 Å². The van der Waals surface area contributed by atoms with Crippen molar-refractivity contribution >= 4 is 0 Å². The summed E-state index contributed by atoms with van der Waals surface area (Å²) in [6.45, 7) is 2.20. The fourth-order valence-corrected chi connectivity index (χ4v) is 5.40. The Labute approximate surface area is 115 Å². The maximum atomic E-state index is 10.3. The Bertz CT molecular complexity index is 431. The molecule has 5 rings (SSSR count). The normalized spacial score (nSPS) is 40.2. The third-order valence-corrected chi connectivity index (χ3v) is 6.01. The van der Waals surface area contributed by atoms with Crippen molar-refractivity contribution in [1.82, 2.24) is 9.78 Å². The first-order chi connectivity index (χ1) is 9.26. The monoisotopic (exact) mass is 262 g/mol. The standard InChI is InChI=1S/C16H26N2O/c1-2-3-4-14-16(19)18(17-14)15-12-6-10-5-11(8-12)9-13(15)7-10/h10-13,15,17,19H,2-9H2,1H3. The van der Waals surface area contributed by atoms with E-state index in [9.17, 15) is 5.11 Å². The SMILES string of the molecule is CCCCc1[nH]n(C2C3CC4CC(C3)CC2C4)c1O. The second-order valence-corrected chi connectivity index (χ2v) is 7.31. The predicted octanol–water partition coefficient (Wildman–Crippen LogP) is 3.86. The highest BCUT2D eigenvalue weighted by Gasteiger charge is 2.50. The van der Waals surface area contributed by atoms with Crippen LogP contribution in [-0.4, -0.2) is 14.9 Å². The first kappa shape index (κ1) is 11.9. The first-order valence-electron chi connectivity index (χ1n) is 8.24. The highest BCUT2D eigenvalue weighted by molar-refractivity contribution is 5.22. The molecule has 4 saturated carbocycles. The summed E-state index contributed by atoms with van der Waals surface area (Å²) in [4.78, 5) is 0. The molecule has 0 amide bonds. The van der Waals surface area contributed by atoms with Crippen molar-refractivity contribution in [2.45, 2.75) is 64.3 Å². The number of hydrogen-bond donors (Lipinski definition) is 2. The van der Waals surface area contributed by atoms with Crippen LogP contribution in [0.3, 0.4) is 0 Å². The van der Waals surface area contributed by atoms with Crippen molar-refractivity contribution in [3.05, 3.63) is 5.69 Å². The van der Waals surface area contributed by atoms with Gasteiger partial charge in [-0.1, -0.05) is 13.3 Å². The number of hydrogen-bond acceptors (Lipinski definition) is 1. The lowest BCUT2D eigenvalue weighted by atomic mass is 9.54. The molecule has 19 heavy (non-hydrogen) atoms. The van der Waals surface area contributed by atoms with Gasteiger partial charge >= 0.3 is 0 Å². The number of unbranched alkanes of at least 4 members (excludes halogenated alkanes) is 1. The largest absolute Gasteiger partial charge is 0.492 e. The van der Waals surface area contributed by atoms with Gasteiger partial charge < -0.3 is 5.11 Å². The average Bonchev–Trinajstić information content (AvgIpc) is 2.39. The molecule has 3 heteroatoms. The van der Waals surface area contributed by atoms with Crippen LogP contribution in [0.4, 0.5) is 0 Å². The van der Waals surface area contributed by atoms with Gasteiger partial charge in [0, 0.05) is 0 Å². The van der Waals surface area contributed by atoms with Crippen LogP contribution < -0.4 is 0 Å². The maximum Gasteiger partial charge on any atom is 0.227 e. The molecule has 2 N–H and O–H groups in total. The molecule has 0 unspecified atom stereocenters. The van der Waals surface area contributed by atoms with E-state index >= 15 is 0 Å². The zero-order valence-corrected chi connectivity index (χ0v) is 11.9. The fourth-order valence-electron chi connectivity index (χ4n) is 5.40. The minimum Gasteiger partial charge on any atom is -0.492 e. The first-order valence-corrected chi connectivity index (χ1v) is 8.24. The van der Waals surface area contributed by atoms with Gasteiger partial charge in [0.15, 0.2) is 0 Å². The van der Waals surface area contributed by atoms with Crippen molar-refractivity contribution in [2.75, 3.05) is 0 Å². The van der Waals surface area contributed by atoms with Gasteiger partial charge in [0.2, 0.25) is 5.88 Å². The van der Waals surface area contributed by atoms with Gasteiger partial charge in [0.05, 0.1) is 11.7 Å². The van der Waals surface area contributed by atoms with Crippen LogP contribution in [-0.2, 0) is 6.42 Å². The Morgan fingerprint density at radius 2 is 1.74 bits per heavy atom. The summed E-state index contributed by atoms with van der Waals surface area (Å²) in [5.74, 6) is 4.24. The number of rotatable bonds is 4. The van der Waals surface area contributed by atoms with E-state index in [-0.39, 0.29) is 0 Å². The molecule has 4 aliphatic carbocycles. The summed E-state index contributed by atoms with van der Waals surface area (Å²) in [5.41, 5.74) is 1.08. The van der Waals surface area contributed by atoms with E-state index in [1.807, 2.05) is 0 Å². The average molecular weight is 262 g/mol. The van der Waals surface area contributed by atoms with E-state index in [0.717, 1.165) is 35.8 Å². The van der Waals surface area contributed by atoms with E-state index in [2.05, 4.69) is 16.7 Å². The van der Waals surface area contributed by atoms with E-state index < -0.39 is 0 Å². The number of aryl methyl sites for hydroxylation is 1. The third-order valence-electron chi connectivity index (χ3n) is 6.01. The molecule has 1 aromatic rings. The molecule has 3 nitrogen and oxygen atoms in total. The number of aromatic nitrogens is 2. The zero-order valence-electron chi connectivity index (χ0n) is 11.9. The molecule has 106 valence electrons. The topological polar surface area (TPSA) is 41.0 Å². The molecule has 0 spiro atoms. The lowest BCUT2D eigenvalue weighted by Gasteiger charge is -2.55. The Kier molecular flexibility index (Phi) is 2.71. The molecular weight excluding hydrogens is 236 g/mol. The van der Waals surface area contributed by atoms with Gasteiger partial charge in [-0.05, 0) is 68.6 Å². The Morgan fingerprint density at radius 1 is 1.11 bits per heavy atom.